The summed E-state index contributed by atoms with van der Waals surface area (Å²) in [7, 11) is 0. The second-order valence-electron chi connectivity index (χ2n) is 8.01. The summed E-state index contributed by atoms with van der Waals surface area (Å²) in [6.45, 7) is 2.27. The molecule has 3 heteroatoms. The van der Waals surface area contributed by atoms with E-state index >= 15 is 0 Å². The number of aromatic nitrogens is 2. The number of nitrogens with zero attached hydrogens (tertiary/aromatic N) is 2. The van der Waals surface area contributed by atoms with Gasteiger partial charge in [-0.3, -0.25) is 0 Å². The van der Waals surface area contributed by atoms with Crippen molar-refractivity contribution in [2.24, 2.45) is 0 Å². The number of hydrogen-bond donors (Lipinski definition) is 0. The minimum absolute atomic E-state index is 0.197. The number of fused-ring (bicyclic) bond motifs is 4. The Hall–Kier alpha value is -3.30. The van der Waals surface area contributed by atoms with Crippen molar-refractivity contribution < 1.29 is 0 Å². The molecule has 1 aliphatic carbocycles. The fraction of sp³-hybridized carbons (Fsp3) is 0.107. The molecular weight excluding hydrogens is 396 g/mol. The highest BCUT2D eigenvalue weighted by Gasteiger charge is 2.31. The molecule has 0 aliphatic heterocycles. The van der Waals surface area contributed by atoms with Gasteiger partial charge in [-0.1, -0.05) is 103 Å². The van der Waals surface area contributed by atoms with E-state index in [1.54, 1.807) is 0 Å². The number of para-hydroxylation sites is 2. The normalized spacial score (nSPS) is 13.8. The lowest BCUT2D eigenvalue weighted by Gasteiger charge is -2.20. The summed E-state index contributed by atoms with van der Waals surface area (Å²) in [6, 6.07) is 36.9. The van der Waals surface area contributed by atoms with Crippen molar-refractivity contribution in [3.05, 3.63) is 120 Å². The van der Waals surface area contributed by atoms with Gasteiger partial charge in [-0.25, -0.2) is 4.98 Å². The van der Waals surface area contributed by atoms with E-state index in [1.165, 1.54) is 33.3 Å². The third-order valence-corrected chi connectivity index (χ3v) is 7.48. The van der Waals surface area contributed by atoms with E-state index in [9.17, 15) is 0 Å². The molecular formula is C28H22N2S. The first-order valence-electron chi connectivity index (χ1n) is 10.7. The molecule has 4 aromatic carbocycles. The summed E-state index contributed by atoms with van der Waals surface area (Å²) in [5, 5.41) is 1.31. The Morgan fingerprint density at radius 3 is 2.00 bits per heavy atom. The van der Waals surface area contributed by atoms with Crippen molar-refractivity contribution in [1.29, 1.82) is 0 Å². The predicted octanol–water partition coefficient (Wildman–Crippen LogP) is 7.51. The lowest BCUT2D eigenvalue weighted by atomic mass is 10.1. The highest BCUT2D eigenvalue weighted by molar-refractivity contribution is 7.99. The van der Waals surface area contributed by atoms with Gasteiger partial charge in [0, 0.05) is 0 Å². The van der Waals surface area contributed by atoms with Crippen molar-refractivity contribution in [2.75, 3.05) is 0 Å². The fourth-order valence-electron chi connectivity index (χ4n) is 4.70. The SMILES string of the molecule is C[C@H](c1ccccc1)n1c(SC2c3ccccc3-c3ccccc32)nc2ccccc21. The Labute approximate surface area is 186 Å². The molecule has 0 saturated heterocycles. The van der Waals surface area contributed by atoms with E-state index in [4.69, 9.17) is 4.98 Å². The van der Waals surface area contributed by atoms with Crippen LogP contribution < -0.4 is 0 Å². The summed E-state index contributed by atoms with van der Waals surface area (Å²) in [4.78, 5) is 5.09. The maximum absolute atomic E-state index is 5.09. The predicted molar refractivity (Wildman–Crippen MR) is 130 cm³/mol. The van der Waals surface area contributed by atoms with Crippen molar-refractivity contribution in [3.8, 4) is 11.1 Å². The second kappa shape index (κ2) is 7.44. The van der Waals surface area contributed by atoms with Gasteiger partial charge in [0.15, 0.2) is 5.16 Å². The molecule has 0 amide bonds. The Kier molecular flexibility index (Phi) is 4.43. The Morgan fingerprint density at radius 1 is 0.710 bits per heavy atom. The van der Waals surface area contributed by atoms with Crippen LogP contribution in [0.15, 0.2) is 108 Å². The number of thioether (sulfide) groups is 1. The van der Waals surface area contributed by atoms with Crippen molar-refractivity contribution >= 4 is 22.8 Å². The quantitative estimate of drug-likeness (QED) is 0.300. The largest absolute Gasteiger partial charge is 0.312 e. The highest BCUT2D eigenvalue weighted by Crippen LogP contribution is 2.52. The van der Waals surface area contributed by atoms with Crippen LogP contribution in [0.5, 0.6) is 0 Å². The Bertz CT molecular complexity index is 1340. The molecule has 150 valence electrons. The topological polar surface area (TPSA) is 17.8 Å². The van der Waals surface area contributed by atoms with Crippen LogP contribution in [-0.2, 0) is 0 Å². The van der Waals surface area contributed by atoms with Gasteiger partial charge in [0.2, 0.25) is 0 Å². The Morgan fingerprint density at radius 2 is 1.29 bits per heavy atom. The van der Waals surface area contributed by atoms with E-state index in [0.717, 1.165) is 10.7 Å². The number of hydrogen-bond acceptors (Lipinski definition) is 2. The molecule has 0 saturated carbocycles. The average Bonchev–Trinajstić information content (AvgIpc) is 3.35. The molecule has 0 unspecified atom stereocenters. The van der Waals surface area contributed by atoms with Crippen LogP contribution in [0.4, 0.5) is 0 Å². The molecule has 0 radical (unpaired) electrons. The standard InChI is InChI=1S/C28H22N2S/c1-19(20-11-3-2-4-12-20)30-26-18-10-9-17-25(26)29-28(30)31-27-23-15-7-5-13-21(23)22-14-6-8-16-24(22)27/h2-19,27H,1H3/t19-/m1/s1. The molecule has 0 fully saturated rings. The zero-order chi connectivity index (χ0) is 20.8. The van der Waals surface area contributed by atoms with Gasteiger partial charge in [-0.15, -0.1) is 0 Å². The van der Waals surface area contributed by atoms with Crippen molar-refractivity contribution in [2.45, 2.75) is 23.4 Å². The molecule has 1 aromatic heterocycles. The lowest BCUT2D eigenvalue weighted by Crippen LogP contribution is -2.08. The van der Waals surface area contributed by atoms with Gasteiger partial charge >= 0.3 is 0 Å². The van der Waals surface area contributed by atoms with E-state index in [1.807, 2.05) is 11.8 Å². The van der Waals surface area contributed by atoms with Crippen LogP contribution >= 0.6 is 11.8 Å². The zero-order valence-corrected chi connectivity index (χ0v) is 18.1. The van der Waals surface area contributed by atoms with Crippen LogP contribution in [0.1, 0.15) is 34.9 Å². The average molecular weight is 419 g/mol. The van der Waals surface area contributed by atoms with E-state index in [0.29, 0.717) is 0 Å². The molecule has 0 N–H and O–H groups in total. The summed E-state index contributed by atoms with van der Waals surface area (Å²) in [5.41, 5.74) is 8.95. The van der Waals surface area contributed by atoms with Gasteiger partial charge in [0.1, 0.15) is 0 Å². The maximum Gasteiger partial charge on any atom is 0.170 e. The van der Waals surface area contributed by atoms with Gasteiger partial charge in [0.05, 0.1) is 22.3 Å². The molecule has 6 rings (SSSR count). The molecule has 1 heterocycles. The van der Waals surface area contributed by atoms with Crippen molar-refractivity contribution in [3.63, 3.8) is 0 Å². The van der Waals surface area contributed by atoms with Crippen LogP contribution in [0.3, 0.4) is 0 Å². The van der Waals surface area contributed by atoms with Crippen LogP contribution in [0.2, 0.25) is 0 Å². The first kappa shape index (κ1) is 18.5. The minimum Gasteiger partial charge on any atom is -0.312 e. The third-order valence-electron chi connectivity index (χ3n) is 6.23. The maximum atomic E-state index is 5.09. The monoisotopic (exact) mass is 418 g/mol. The van der Waals surface area contributed by atoms with E-state index in [2.05, 4.69) is 115 Å². The minimum atomic E-state index is 0.197. The summed E-state index contributed by atoms with van der Waals surface area (Å²) in [5.74, 6) is 0. The smallest absolute Gasteiger partial charge is 0.170 e. The summed E-state index contributed by atoms with van der Waals surface area (Å²) < 4.78 is 2.40. The summed E-state index contributed by atoms with van der Waals surface area (Å²) in [6.07, 6.45) is 0. The van der Waals surface area contributed by atoms with Gasteiger partial charge < -0.3 is 4.57 Å². The third kappa shape index (κ3) is 3.00. The first-order valence-corrected chi connectivity index (χ1v) is 11.6. The second-order valence-corrected chi connectivity index (χ2v) is 9.08. The first-order chi connectivity index (χ1) is 15.3. The highest BCUT2D eigenvalue weighted by atomic mass is 32.2. The van der Waals surface area contributed by atoms with Crippen LogP contribution in [0, 0.1) is 0 Å². The number of rotatable bonds is 4. The summed E-state index contributed by atoms with van der Waals surface area (Å²) >= 11 is 1.86. The van der Waals surface area contributed by atoms with E-state index < -0.39 is 0 Å². The molecule has 1 atom stereocenters. The van der Waals surface area contributed by atoms with Gasteiger partial charge in [0.25, 0.3) is 0 Å². The van der Waals surface area contributed by atoms with Crippen molar-refractivity contribution in [1.82, 2.24) is 9.55 Å². The van der Waals surface area contributed by atoms with Crippen LogP contribution in [-0.4, -0.2) is 9.55 Å². The molecule has 5 aromatic rings. The molecule has 31 heavy (non-hydrogen) atoms. The number of imidazole rings is 1. The number of benzene rings is 4. The zero-order valence-electron chi connectivity index (χ0n) is 17.3. The molecule has 1 aliphatic rings. The lowest BCUT2D eigenvalue weighted by molar-refractivity contribution is 0.600. The van der Waals surface area contributed by atoms with Gasteiger partial charge in [-0.2, -0.15) is 0 Å². The van der Waals surface area contributed by atoms with Gasteiger partial charge in [-0.05, 0) is 46.9 Å². The molecule has 0 bridgehead atoms. The molecule has 0 spiro atoms. The van der Waals surface area contributed by atoms with E-state index in [-0.39, 0.29) is 11.3 Å². The fourth-order valence-corrected chi connectivity index (χ4v) is 6.10. The Balaban J connectivity index is 1.51. The van der Waals surface area contributed by atoms with Crippen LogP contribution in [0.25, 0.3) is 22.2 Å². The molecule has 2 nitrogen and oxygen atoms in total.